The van der Waals surface area contributed by atoms with Gasteiger partial charge in [-0.15, -0.1) is 0 Å². The lowest BCUT2D eigenvalue weighted by atomic mass is 9.71. The van der Waals surface area contributed by atoms with Crippen molar-refractivity contribution < 1.29 is 19.1 Å². The van der Waals surface area contributed by atoms with Crippen LogP contribution in [0.1, 0.15) is 22.8 Å². The molecule has 3 aromatic carbocycles. The highest BCUT2D eigenvalue weighted by atomic mass is 16.5. The summed E-state index contributed by atoms with van der Waals surface area (Å²) in [5, 5.41) is 2.76. The van der Waals surface area contributed by atoms with E-state index in [0.717, 1.165) is 0 Å². The molecule has 35 heavy (non-hydrogen) atoms. The average molecular weight is 462 g/mol. The van der Waals surface area contributed by atoms with Gasteiger partial charge in [0.25, 0.3) is 5.91 Å². The van der Waals surface area contributed by atoms with Crippen molar-refractivity contribution in [1.29, 1.82) is 0 Å². The Labute approximate surface area is 203 Å². The van der Waals surface area contributed by atoms with Crippen molar-refractivity contribution in [3.05, 3.63) is 126 Å². The fourth-order valence-electron chi connectivity index (χ4n) is 4.46. The monoisotopic (exact) mass is 461 g/mol. The average Bonchev–Trinajstić information content (AvgIpc) is 2.89. The van der Waals surface area contributed by atoms with Crippen LogP contribution in [0.15, 0.2) is 114 Å². The third kappa shape index (κ3) is 4.36. The van der Waals surface area contributed by atoms with Gasteiger partial charge < -0.3 is 10.1 Å². The molecule has 2 atom stereocenters. The maximum atomic E-state index is 13.7. The summed E-state index contributed by atoms with van der Waals surface area (Å²) in [6, 6.07) is 25.0. The Balaban J connectivity index is 1.55. The van der Waals surface area contributed by atoms with Crippen molar-refractivity contribution >= 4 is 23.0 Å². The highest BCUT2D eigenvalue weighted by molar-refractivity contribution is 6.38. The molecule has 0 saturated heterocycles. The number of Topliss-reactive ketones (excluding diaryl/α,β-unsaturated/α-hetero) is 2. The summed E-state index contributed by atoms with van der Waals surface area (Å²) in [5.41, 5.74) is 1.61. The highest BCUT2D eigenvalue weighted by Gasteiger charge is 2.42. The lowest BCUT2D eigenvalue weighted by Crippen LogP contribution is -2.41. The van der Waals surface area contributed by atoms with Gasteiger partial charge in [-0.2, -0.15) is 0 Å². The van der Waals surface area contributed by atoms with E-state index in [1.807, 2.05) is 55.5 Å². The van der Waals surface area contributed by atoms with Gasteiger partial charge in [-0.05, 0) is 47.9 Å². The molecule has 0 fully saturated rings. The number of rotatable bonds is 5. The molecule has 0 heterocycles. The Bertz CT molecular complexity index is 1380. The molecule has 172 valence electrons. The molecular weight excluding hydrogens is 438 g/mol. The topological polar surface area (TPSA) is 72.5 Å². The van der Waals surface area contributed by atoms with E-state index in [1.165, 1.54) is 0 Å². The van der Waals surface area contributed by atoms with Crippen LogP contribution in [0.3, 0.4) is 0 Å². The lowest BCUT2D eigenvalue weighted by molar-refractivity contribution is -0.122. The van der Waals surface area contributed by atoms with E-state index in [0.29, 0.717) is 28.2 Å². The first-order chi connectivity index (χ1) is 17.0. The largest absolute Gasteiger partial charge is 0.457 e. The van der Waals surface area contributed by atoms with Crippen molar-refractivity contribution in [1.82, 2.24) is 5.32 Å². The maximum Gasteiger partial charge on any atom is 0.255 e. The summed E-state index contributed by atoms with van der Waals surface area (Å²) in [6.07, 6.45) is 5.41. The van der Waals surface area contributed by atoms with Crippen molar-refractivity contribution in [3.63, 3.8) is 0 Å². The Hall–Kier alpha value is -4.51. The third-order valence-electron chi connectivity index (χ3n) is 6.22. The molecule has 5 rings (SSSR count). The number of hydrogen-bond acceptors (Lipinski definition) is 4. The predicted molar refractivity (Wildman–Crippen MR) is 134 cm³/mol. The maximum absolute atomic E-state index is 13.7. The fraction of sp³-hybridized carbons (Fsp3) is 0.100. The van der Waals surface area contributed by atoms with E-state index < -0.39 is 11.8 Å². The van der Waals surface area contributed by atoms with E-state index in [1.54, 1.807) is 54.6 Å². The van der Waals surface area contributed by atoms with Crippen LogP contribution in [-0.4, -0.2) is 17.5 Å². The molecule has 0 aliphatic heterocycles. The first kappa shape index (κ1) is 22.3. The van der Waals surface area contributed by atoms with E-state index in [9.17, 15) is 14.4 Å². The first-order valence-electron chi connectivity index (χ1n) is 11.4. The van der Waals surface area contributed by atoms with Gasteiger partial charge in [-0.1, -0.05) is 73.7 Å². The van der Waals surface area contributed by atoms with Gasteiger partial charge in [-0.25, -0.2) is 0 Å². The Morgan fingerprint density at radius 2 is 1.46 bits per heavy atom. The van der Waals surface area contributed by atoms with Gasteiger partial charge >= 0.3 is 0 Å². The van der Waals surface area contributed by atoms with Crippen LogP contribution in [0.25, 0.3) is 5.57 Å². The molecule has 0 radical (unpaired) electrons. The number of carbonyl (C=O) groups is 3. The second-order valence-electron chi connectivity index (χ2n) is 8.55. The number of carbonyl (C=O) groups excluding carboxylic acids is 3. The minimum Gasteiger partial charge on any atom is -0.457 e. The summed E-state index contributed by atoms with van der Waals surface area (Å²) in [7, 11) is 0. The Kier molecular flexibility index (Phi) is 5.98. The number of benzene rings is 3. The number of nitrogens with one attached hydrogen (secondary N) is 1. The van der Waals surface area contributed by atoms with Crippen molar-refractivity contribution in [2.45, 2.75) is 6.92 Å². The molecule has 0 saturated carbocycles. The normalized spacial score (nSPS) is 19.2. The smallest absolute Gasteiger partial charge is 0.255 e. The summed E-state index contributed by atoms with van der Waals surface area (Å²) < 4.78 is 5.86. The zero-order valence-corrected chi connectivity index (χ0v) is 19.1. The van der Waals surface area contributed by atoms with Crippen LogP contribution >= 0.6 is 0 Å². The SMILES string of the molecule is CC1C=CC=C2C(=O)C(c3ccc(Oc4ccccc4)cc3)=C(NC(=O)c3ccccc3)C(=O)C21. The van der Waals surface area contributed by atoms with Crippen LogP contribution in [-0.2, 0) is 9.59 Å². The van der Waals surface area contributed by atoms with Crippen molar-refractivity contribution in [2.75, 3.05) is 0 Å². The fourth-order valence-corrected chi connectivity index (χ4v) is 4.46. The molecular formula is C30H23NO4. The number of allylic oxidation sites excluding steroid dienone is 6. The second-order valence-corrected chi connectivity index (χ2v) is 8.55. The highest BCUT2D eigenvalue weighted by Crippen LogP contribution is 2.39. The van der Waals surface area contributed by atoms with E-state index >= 15 is 0 Å². The van der Waals surface area contributed by atoms with Crippen LogP contribution in [0.5, 0.6) is 11.5 Å². The van der Waals surface area contributed by atoms with E-state index in [2.05, 4.69) is 5.32 Å². The quantitative estimate of drug-likeness (QED) is 0.543. The number of amides is 1. The van der Waals surface area contributed by atoms with Crippen LogP contribution in [0.4, 0.5) is 0 Å². The summed E-state index contributed by atoms with van der Waals surface area (Å²) in [6.45, 7) is 1.90. The van der Waals surface area contributed by atoms with Crippen LogP contribution < -0.4 is 10.1 Å². The molecule has 1 amide bonds. The van der Waals surface area contributed by atoms with Gasteiger partial charge in [0, 0.05) is 11.1 Å². The number of hydrogen-bond donors (Lipinski definition) is 1. The predicted octanol–water partition coefficient (Wildman–Crippen LogP) is 5.52. The molecule has 2 aliphatic rings. The van der Waals surface area contributed by atoms with Gasteiger partial charge in [0.05, 0.1) is 17.2 Å². The van der Waals surface area contributed by atoms with Crippen LogP contribution in [0, 0.1) is 11.8 Å². The molecule has 0 spiro atoms. The molecule has 5 heteroatoms. The first-order valence-corrected chi connectivity index (χ1v) is 11.4. The minimum atomic E-state index is -0.622. The molecule has 2 unspecified atom stereocenters. The molecule has 2 aliphatic carbocycles. The van der Waals surface area contributed by atoms with E-state index in [4.69, 9.17) is 4.74 Å². The van der Waals surface area contributed by atoms with Crippen molar-refractivity contribution in [2.24, 2.45) is 11.8 Å². The zero-order chi connectivity index (χ0) is 24.4. The van der Waals surface area contributed by atoms with Crippen molar-refractivity contribution in [3.8, 4) is 11.5 Å². The molecule has 5 nitrogen and oxygen atoms in total. The molecule has 0 bridgehead atoms. The Morgan fingerprint density at radius 3 is 2.14 bits per heavy atom. The second kappa shape index (κ2) is 9.39. The van der Waals surface area contributed by atoms with Gasteiger partial charge in [0.2, 0.25) is 0 Å². The number of ketones is 2. The number of para-hydroxylation sites is 1. The lowest BCUT2D eigenvalue weighted by Gasteiger charge is -2.32. The van der Waals surface area contributed by atoms with Gasteiger partial charge in [0.1, 0.15) is 11.5 Å². The number of fused-ring (bicyclic) bond motifs is 1. The minimum absolute atomic E-state index is 0.0323. The summed E-state index contributed by atoms with van der Waals surface area (Å²) >= 11 is 0. The molecule has 3 aromatic rings. The number of ether oxygens (including phenoxy) is 1. The summed E-state index contributed by atoms with van der Waals surface area (Å²) in [4.78, 5) is 40.3. The third-order valence-corrected chi connectivity index (χ3v) is 6.22. The Morgan fingerprint density at radius 1 is 0.829 bits per heavy atom. The van der Waals surface area contributed by atoms with Gasteiger partial charge in [-0.3, -0.25) is 14.4 Å². The zero-order valence-electron chi connectivity index (χ0n) is 19.1. The van der Waals surface area contributed by atoms with Crippen LogP contribution in [0.2, 0.25) is 0 Å². The standard InChI is InChI=1S/C30H23NO4/c1-19-9-8-14-24-25(19)29(33)27(31-30(34)21-10-4-2-5-11-21)26(28(24)32)20-15-17-23(18-16-20)35-22-12-6-3-7-13-22/h2-19,25H,1H3,(H,31,34). The van der Waals surface area contributed by atoms with E-state index in [-0.39, 0.29) is 28.8 Å². The van der Waals surface area contributed by atoms with Gasteiger partial charge in [0.15, 0.2) is 11.6 Å². The molecule has 0 aromatic heterocycles. The summed E-state index contributed by atoms with van der Waals surface area (Å²) in [5.74, 6) is -0.454. The molecule has 1 N–H and O–H groups in total.